The van der Waals surface area contributed by atoms with Crippen molar-refractivity contribution in [2.45, 2.75) is 31.7 Å². The molecular weight excluding hydrogens is 585 g/mol. The molecule has 0 aliphatic heterocycles. The van der Waals surface area contributed by atoms with Gasteiger partial charge >= 0.3 is 6.18 Å². The molecule has 7 rings (SSSR count). The lowest BCUT2D eigenvalue weighted by Crippen LogP contribution is -2.19. The number of alkyl halides is 3. The average Bonchev–Trinajstić information content (AvgIpc) is 3.68. The van der Waals surface area contributed by atoms with Gasteiger partial charge in [-0.2, -0.15) is 18.2 Å². The van der Waals surface area contributed by atoms with E-state index in [9.17, 15) is 23.1 Å². The number of aldehydes is 1. The van der Waals surface area contributed by atoms with Crippen LogP contribution in [0.3, 0.4) is 0 Å². The summed E-state index contributed by atoms with van der Waals surface area (Å²) in [5.74, 6) is -0.118. The standard InChI is InChI=1S/C33H25F3N6O3/c1-45-32-26(17-44)39-29(33(34,35)36)30(41-32)40-25-9-8-22-20(4-2-6-23(22)25)21-5-3-7-27-24(21)11-13-42(27)31-28-19(10-12-37-31)14-18(16-43)15-38-28/h2-7,10-15,17,25,43H,8-9,16H2,1H3,(H,40,41). The summed E-state index contributed by atoms with van der Waals surface area (Å²) in [7, 11) is 1.22. The van der Waals surface area contributed by atoms with Gasteiger partial charge < -0.3 is 15.2 Å². The summed E-state index contributed by atoms with van der Waals surface area (Å²) in [6, 6.07) is 17.1. The van der Waals surface area contributed by atoms with Crippen LogP contribution in [0.4, 0.5) is 19.0 Å². The van der Waals surface area contributed by atoms with Crippen LogP contribution in [-0.4, -0.2) is 43.0 Å². The van der Waals surface area contributed by atoms with Gasteiger partial charge in [0.25, 0.3) is 0 Å². The van der Waals surface area contributed by atoms with Crippen LogP contribution in [0.25, 0.3) is 38.8 Å². The highest BCUT2D eigenvalue weighted by Crippen LogP contribution is 2.43. The van der Waals surface area contributed by atoms with Crippen LogP contribution in [0.15, 0.2) is 73.2 Å². The minimum absolute atomic E-state index is 0.105. The molecule has 45 heavy (non-hydrogen) atoms. The van der Waals surface area contributed by atoms with Gasteiger partial charge in [-0.1, -0.05) is 30.3 Å². The summed E-state index contributed by atoms with van der Waals surface area (Å²) >= 11 is 0. The van der Waals surface area contributed by atoms with E-state index < -0.39 is 29.4 Å². The molecule has 0 saturated heterocycles. The third-order valence-corrected chi connectivity index (χ3v) is 8.11. The number of anilines is 1. The zero-order valence-electron chi connectivity index (χ0n) is 23.8. The van der Waals surface area contributed by atoms with Crippen LogP contribution in [-0.2, 0) is 19.2 Å². The van der Waals surface area contributed by atoms with Crippen LogP contribution in [0.1, 0.15) is 45.3 Å². The predicted molar refractivity (Wildman–Crippen MR) is 161 cm³/mol. The van der Waals surface area contributed by atoms with Crippen molar-refractivity contribution in [3.8, 4) is 22.8 Å². The van der Waals surface area contributed by atoms with Crippen molar-refractivity contribution in [2.75, 3.05) is 12.4 Å². The molecule has 2 N–H and O–H groups in total. The number of aliphatic hydroxyl groups excluding tert-OH is 1. The van der Waals surface area contributed by atoms with Crippen LogP contribution < -0.4 is 10.1 Å². The topological polar surface area (TPSA) is 115 Å². The fraction of sp³-hybridized carbons (Fsp3) is 0.182. The van der Waals surface area contributed by atoms with Crippen molar-refractivity contribution < 1.29 is 27.8 Å². The van der Waals surface area contributed by atoms with Gasteiger partial charge in [0.1, 0.15) is 5.52 Å². The molecule has 0 spiro atoms. The number of nitrogens with one attached hydrogen (secondary N) is 1. The number of hydrogen-bond acceptors (Lipinski definition) is 8. The smallest absolute Gasteiger partial charge is 0.437 e. The van der Waals surface area contributed by atoms with Crippen molar-refractivity contribution >= 4 is 33.9 Å². The number of hydrogen-bond donors (Lipinski definition) is 2. The molecule has 1 aliphatic rings. The molecule has 9 nitrogen and oxygen atoms in total. The quantitative estimate of drug-likeness (QED) is 0.198. The Morgan fingerprint density at radius 1 is 1.09 bits per heavy atom. The van der Waals surface area contributed by atoms with E-state index in [4.69, 9.17) is 4.74 Å². The van der Waals surface area contributed by atoms with Gasteiger partial charge in [-0.05, 0) is 64.9 Å². The summed E-state index contributed by atoms with van der Waals surface area (Å²) < 4.78 is 48.8. The number of methoxy groups -OCH3 is 1. The molecule has 0 bridgehead atoms. The summed E-state index contributed by atoms with van der Waals surface area (Å²) in [6.07, 6.45) is 1.81. The molecule has 2 aromatic carbocycles. The van der Waals surface area contributed by atoms with Crippen molar-refractivity contribution in [2.24, 2.45) is 0 Å². The minimum atomic E-state index is -4.83. The highest BCUT2D eigenvalue weighted by atomic mass is 19.4. The summed E-state index contributed by atoms with van der Waals surface area (Å²) in [5.41, 5.74) is 4.37. The maximum Gasteiger partial charge on any atom is 0.437 e. The average molecular weight is 611 g/mol. The number of nitrogens with zero attached hydrogens (tertiary/aromatic N) is 5. The lowest BCUT2D eigenvalue weighted by atomic mass is 9.94. The van der Waals surface area contributed by atoms with Crippen molar-refractivity contribution in [3.05, 3.63) is 101 Å². The Morgan fingerprint density at radius 3 is 2.69 bits per heavy atom. The van der Waals surface area contributed by atoms with E-state index in [0.717, 1.165) is 38.5 Å². The minimum Gasteiger partial charge on any atom is -0.479 e. The van der Waals surface area contributed by atoms with Gasteiger partial charge in [0.15, 0.2) is 29.3 Å². The fourth-order valence-corrected chi connectivity index (χ4v) is 6.12. The van der Waals surface area contributed by atoms with Crippen LogP contribution >= 0.6 is 0 Å². The highest BCUT2D eigenvalue weighted by molar-refractivity contribution is 5.98. The third-order valence-electron chi connectivity index (χ3n) is 8.11. The molecule has 6 aromatic rings. The second-order valence-electron chi connectivity index (χ2n) is 10.7. The van der Waals surface area contributed by atoms with Crippen LogP contribution in [0.2, 0.25) is 0 Å². The number of carbonyl (C=O) groups excluding carboxylic acids is 1. The number of rotatable bonds is 7. The molecule has 226 valence electrons. The van der Waals surface area contributed by atoms with Crippen LogP contribution in [0.5, 0.6) is 5.88 Å². The molecule has 1 aliphatic carbocycles. The molecule has 0 fully saturated rings. The van der Waals surface area contributed by atoms with Gasteiger partial charge in [0, 0.05) is 29.4 Å². The SMILES string of the molecule is COc1nc(NC2CCc3c(-c4cccc5c4ccn5-c4nccc5cc(CO)cnc45)cccc32)c(C(F)(F)F)nc1C=O. The monoisotopic (exact) mass is 610 g/mol. The Hall–Kier alpha value is -5.36. The lowest BCUT2D eigenvalue weighted by Gasteiger charge is -2.19. The Kier molecular flexibility index (Phi) is 6.93. The van der Waals surface area contributed by atoms with E-state index in [2.05, 4.69) is 25.3 Å². The molecule has 1 atom stereocenters. The fourth-order valence-electron chi connectivity index (χ4n) is 6.12. The van der Waals surface area contributed by atoms with Gasteiger partial charge in [0.05, 0.1) is 25.3 Å². The largest absolute Gasteiger partial charge is 0.479 e. The normalized spacial score (nSPS) is 14.6. The van der Waals surface area contributed by atoms with Gasteiger partial charge in [-0.15, -0.1) is 0 Å². The molecule has 4 aromatic heterocycles. The number of carbonyl (C=O) groups is 1. The number of aromatic nitrogens is 5. The third kappa shape index (κ3) is 4.83. The van der Waals surface area contributed by atoms with E-state index >= 15 is 0 Å². The van der Waals surface area contributed by atoms with E-state index in [-0.39, 0.29) is 18.8 Å². The van der Waals surface area contributed by atoms with Gasteiger partial charge in [-0.3, -0.25) is 14.3 Å². The first-order valence-corrected chi connectivity index (χ1v) is 14.1. The Labute approximate surface area is 254 Å². The first-order valence-electron chi connectivity index (χ1n) is 14.1. The number of pyridine rings is 2. The highest BCUT2D eigenvalue weighted by Gasteiger charge is 2.39. The number of ether oxygens (including phenoxy) is 1. The lowest BCUT2D eigenvalue weighted by molar-refractivity contribution is -0.140. The van der Waals surface area contributed by atoms with E-state index in [1.807, 2.05) is 65.4 Å². The molecule has 0 saturated carbocycles. The molecule has 0 amide bonds. The summed E-state index contributed by atoms with van der Waals surface area (Å²) in [4.78, 5) is 28.0. The molecule has 4 heterocycles. The summed E-state index contributed by atoms with van der Waals surface area (Å²) in [5, 5.41) is 14.3. The van der Waals surface area contributed by atoms with E-state index in [1.165, 1.54) is 7.11 Å². The van der Waals surface area contributed by atoms with Gasteiger partial charge in [0.2, 0.25) is 5.88 Å². The number of aliphatic hydroxyl groups is 1. The molecule has 1 unspecified atom stereocenters. The van der Waals surface area contributed by atoms with Gasteiger partial charge in [-0.25, -0.2) is 9.97 Å². The van der Waals surface area contributed by atoms with Crippen molar-refractivity contribution in [1.29, 1.82) is 0 Å². The Balaban J connectivity index is 1.29. The Morgan fingerprint density at radius 2 is 1.91 bits per heavy atom. The summed E-state index contributed by atoms with van der Waals surface area (Å²) in [6.45, 7) is -0.105. The first-order chi connectivity index (χ1) is 21.8. The van der Waals surface area contributed by atoms with E-state index in [0.29, 0.717) is 29.7 Å². The molecule has 12 heteroatoms. The predicted octanol–water partition coefficient (Wildman–Crippen LogP) is 6.46. The van der Waals surface area contributed by atoms with Crippen LogP contribution in [0, 0.1) is 0 Å². The second kappa shape index (κ2) is 11.0. The zero-order valence-corrected chi connectivity index (χ0v) is 23.8. The maximum atomic E-state index is 13.9. The molecule has 0 radical (unpaired) electrons. The number of fused-ring (bicyclic) bond motifs is 3. The number of halogens is 3. The molecular formula is C33H25F3N6O3. The number of benzene rings is 2. The first kappa shape index (κ1) is 28.4. The second-order valence-corrected chi connectivity index (χ2v) is 10.7. The van der Waals surface area contributed by atoms with E-state index in [1.54, 1.807) is 12.4 Å². The van der Waals surface area contributed by atoms with Crippen molar-refractivity contribution in [3.63, 3.8) is 0 Å². The van der Waals surface area contributed by atoms with Crippen molar-refractivity contribution in [1.82, 2.24) is 24.5 Å². The Bertz CT molecular complexity index is 2110. The zero-order chi connectivity index (χ0) is 31.3. The maximum absolute atomic E-state index is 13.9.